The number of Topliss-reactive ketones (excluding diaryl/α,β-unsaturated/α-hetero) is 1. The van der Waals surface area contributed by atoms with Gasteiger partial charge in [-0.25, -0.2) is 0 Å². The third kappa shape index (κ3) is 3.03. The molecule has 4 aliphatic rings. The summed E-state index contributed by atoms with van der Waals surface area (Å²) in [5, 5.41) is 11.9. The van der Waals surface area contributed by atoms with Crippen molar-refractivity contribution in [1.29, 1.82) is 0 Å². The minimum Gasteiger partial charge on any atom is -0.416 e. The van der Waals surface area contributed by atoms with Crippen molar-refractivity contribution in [2.75, 3.05) is 6.61 Å². The van der Waals surface area contributed by atoms with Gasteiger partial charge in [0.2, 0.25) is 0 Å². The fourth-order valence-corrected chi connectivity index (χ4v) is 8.47. The Hall–Kier alpha value is -0.0162. The summed E-state index contributed by atoms with van der Waals surface area (Å²) in [6, 6.07) is 0. The molecule has 0 aromatic carbocycles. The van der Waals surface area contributed by atoms with Crippen LogP contribution < -0.4 is 0 Å². The summed E-state index contributed by atoms with van der Waals surface area (Å²) >= 11 is 0. The van der Waals surface area contributed by atoms with E-state index in [2.05, 4.69) is 74.7 Å². The van der Waals surface area contributed by atoms with E-state index in [1.54, 1.807) is 0 Å². The summed E-state index contributed by atoms with van der Waals surface area (Å²) in [6.07, 6.45) is 2.19. The average Bonchev–Trinajstić information content (AvgIpc) is 2.92. The highest BCUT2D eigenvalue weighted by molar-refractivity contribution is 6.74. The van der Waals surface area contributed by atoms with Gasteiger partial charge in [-0.3, -0.25) is 4.79 Å². The van der Waals surface area contributed by atoms with E-state index >= 15 is 0 Å². The molecule has 6 heteroatoms. The minimum absolute atomic E-state index is 0.0503. The lowest BCUT2D eigenvalue weighted by Gasteiger charge is -2.70. The Kier molecular flexibility index (Phi) is 5.54. The van der Waals surface area contributed by atoms with Crippen molar-refractivity contribution in [1.82, 2.24) is 0 Å². The first-order valence-electron chi connectivity index (χ1n) is 11.8. The van der Waals surface area contributed by atoms with Crippen LogP contribution >= 0.6 is 0 Å². The molecule has 4 aliphatic carbocycles. The van der Waals surface area contributed by atoms with Crippen LogP contribution in [0.15, 0.2) is 0 Å². The number of ketones is 1. The van der Waals surface area contributed by atoms with Gasteiger partial charge in [-0.1, -0.05) is 48.5 Å². The van der Waals surface area contributed by atoms with Crippen LogP contribution in [0.2, 0.25) is 36.3 Å². The Bertz CT molecular complexity index is 720. The van der Waals surface area contributed by atoms with E-state index in [4.69, 9.17) is 8.85 Å². The molecule has 0 aliphatic heterocycles. The molecule has 0 saturated heterocycles. The van der Waals surface area contributed by atoms with Crippen molar-refractivity contribution in [2.45, 2.75) is 123 Å². The number of aliphatic hydroxyl groups is 1. The molecule has 0 unspecified atom stereocenters. The van der Waals surface area contributed by atoms with E-state index in [9.17, 15) is 9.90 Å². The zero-order valence-corrected chi connectivity index (χ0v) is 23.4. The Balaban J connectivity index is 1.96. The molecule has 0 heterocycles. The number of carbonyl (C=O) groups excluding carboxylic acids is 1. The van der Waals surface area contributed by atoms with Crippen LogP contribution in [0.3, 0.4) is 0 Å². The third-order valence-corrected chi connectivity index (χ3v) is 19.4. The van der Waals surface area contributed by atoms with Gasteiger partial charge in [-0.2, -0.15) is 0 Å². The Morgan fingerprint density at radius 3 is 2.07 bits per heavy atom. The normalized spacial score (nSPS) is 39.7. The maximum atomic E-state index is 12.6. The molecule has 4 rings (SSSR count). The minimum atomic E-state index is -2.03. The smallest absolute Gasteiger partial charge is 0.192 e. The molecule has 4 fully saturated rings. The Labute approximate surface area is 186 Å². The lowest BCUT2D eigenvalue weighted by Crippen LogP contribution is -2.74. The molecule has 0 aromatic rings. The van der Waals surface area contributed by atoms with E-state index in [1.807, 2.05) is 0 Å². The first-order chi connectivity index (χ1) is 13.3. The summed E-state index contributed by atoms with van der Waals surface area (Å²) in [7, 11) is -3.97. The molecule has 1 N–H and O–H groups in total. The van der Waals surface area contributed by atoms with Gasteiger partial charge in [-0.15, -0.1) is 0 Å². The number of hydrogen-bond donors (Lipinski definition) is 1. The van der Waals surface area contributed by atoms with Crippen molar-refractivity contribution in [3.05, 3.63) is 0 Å². The molecule has 0 radical (unpaired) electrons. The molecular weight excluding hydrogens is 408 g/mol. The molecule has 1 spiro atoms. The van der Waals surface area contributed by atoms with Gasteiger partial charge in [0.05, 0.1) is 12.2 Å². The van der Waals surface area contributed by atoms with Crippen molar-refractivity contribution in [3.63, 3.8) is 0 Å². The highest BCUT2D eigenvalue weighted by Gasteiger charge is 2.86. The predicted molar refractivity (Wildman–Crippen MR) is 128 cm³/mol. The number of carbonyl (C=O) groups is 1. The molecule has 5 atom stereocenters. The SMILES string of the molecule is CC(C)(C)[Si](C)(C)OC[C@]12C[C@H](O[Si](C)(C)C(C)(C)C)[C@@]3(CC(=O)CC[C@@]13C)[C@H]2O. The van der Waals surface area contributed by atoms with Gasteiger partial charge in [0.25, 0.3) is 0 Å². The van der Waals surface area contributed by atoms with Gasteiger partial charge in [-0.05, 0) is 54.5 Å². The van der Waals surface area contributed by atoms with Crippen molar-refractivity contribution < 1.29 is 18.8 Å². The Morgan fingerprint density at radius 1 is 1.03 bits per heavy atom. The van der Waals surface area contributed by atoms with Crippen LogP contribution in [-0.2, 0) is 13.6 Å². The lowest BCUT2D eigenvalue weighted by atomic mass is 9.36. The summed E-state index contributed by atoms with van der Waals surface area (Å²) < 4.78 is 13.7. The largest absolute Gasteiger partial charge is 0.416 e. The summed E-state index contributed by atoms with van der Waals surface area (Å²) in [6.45, 7) is 25.6. The molecule has 4 nitrogen and oxygen atoms in total. The average molecular weight is 455 g/mol. The van der Waals surface area contributed by atoms with E-state index in [0.717, 1.165) is 12.8 Å². The topological polar surface area (TPSA) is 55.8 Å². The quantitative estimate of drug-likeness (QED) is 0.525. The van der Waals surface area contributed by atoms with Crippen LogP contribution in [0.5, 0.6) is 0 Å². The number of rotatable bonds is 5. The molecule has 174 valence electrons. The first-order valence-corrected chi connectivity index (χ1v) is 17.6. The standard InChI is InChI=1S/C24H46O4Si2/c1-20(2,3)29(8,9)27-16-23-15-18(28-30(10,11)21(4,5)6)24(19(23)26)14-17(25)12-13-22(23,24)7/h18-19,26H,12-16H2,1-11H3/t18-,19-,22-,23-,24-/m0/s1. The van der Waals surface area contributed by atoms with Crippen molar-refractivity contribution >= 4 is 22.4 Å². The van der Waals surface area contributed by atoms with Crippen LogP contribution in [0.1, 0.15) is 74.1 Å². The van der Waals surface area contributed by atoms with E-state index in [1.165, 1.54) is 0 Å². The number of fused-ring (bicyclic) bond motifs is 1. The molecule has 0 amide bonds. The maximum Gasteiger partial charge on any atom is 0.192 e. The van der Waals surface area contributed by atoms with Crippen LogP contribution in [0.25, 0.3) is 0 Å². The second kappa shape index (κ2) is 6.75. The summed E-state index contributed by atoms with van der Waals surface area (Å²) in [5.41, 5.74) is -0.826. The van der Waals surface area contributed by atoms with Gasteiger partial charge in [0.15, 0.2) is 16.6 Å². The molecule has 30 heavy (non-hydrogen) atoms. The number of hydrogen-bond acceptors (Lipinski definition) is 4. The van der Waals surface area contributed by atoms with E-state index in [-0.39, 0.29) is 32.8 Å². The molecular formula is C24H46O4Si2. The van der Waals surface area contributed by atoms with Crippen molar-refractivity contribution in [3.8, 4) is 0 Å². The lowest BCUT2D eigenvalue weighted by molar-refractivity contribution is -0.285. The van der Waals surface area contributed by atoms with Gasteiger partial charge < -0.3 is 14.0 Å². The zero-order valence-electron chi connectivity index (χ0n) is 21.4. The fourth-order valence-electron chi connectivity index (χ4n) is 6.06. The predicted octanol–water partition coefficient (Wildman–Crippen LogP) is 5.91. The molecule has 0 aromatic heterocycles. The first kappa shape index (κ1) is 24.6. The second-order valence-corrected chi connectivity index (χ2v) is 23.3. The van der Waals surface area contributed by atoms with Gasteiger partial charge in [0, 0.05) is 30.3 Å². The monoisotopic (exact) mass is 454 g/mol. The van der Waals surface area contributed by atoms with Crippen LogP contribution in [-0.4, -0.2) is 46.3 Å². The van der Waals surface area contributed by atoms with E-state index in [0.29, 0.717) is 19.4 Å². The van der Waals surface area contributed by atoms with E-state index < -0.39 is 28.2 Å². The van der Waals surface area contributed by atoms with Gasteiger partial charge in [0.1, 0.15) is 5.78 Å². The zero-order chi connectivity index (χ0) is 23.2. The van der Waals surface area contributed by atoms with Gasteiger partial charge >= 0.3 is 0 Å². The number of aliphatic hydroxyl groups excluding tert-OH is 1. The maximum absolute atomic E-state index is 12.6. The Morgan fingerprint density at radius 2 is 1.57 bits per heavy atom. The third-order valence-electron chi connectivity index (χ3n) is 10.4. The summed E-state index contributed by atoms with van der Waals surface area (Å²) in [4.78, 5) is 12.6. The highest BCUT2D eigenvalue weighted by Crippen LogP contribution is 2.82. The highest BCUT2D eigenvalue weighted by atomic mass is 28.4. The van der Waals surface area contributed by atoms with Crippen LogP contribution in [0, 0.1) is 16.2 Å². The fraction of sp³-hybridized carbons (Fsp3) is 0.958. The second-order valence-electron chi connectivity index (χ2n) is 13.8. The van der Waals surface area contributed by atoms with Crippen molar-refractivity contribution in [2.24, 2.45) is 16.2 Å². The molecule has 2 bridgehead atoms. The molecule has 4 saturated carbocycles. The van der Waals surface area contributed by atoms with Crippen LogP contribution in [0.4, 0.5) is 0 Å². The summed E-state index contributed by atoms with van der Waals surface area (Å²) in [5.74, 6) is 0.288.